The van der Waals surface area contributed by atoms with Gasteiger partial charge in [-0.05, 0) is 17.7 Å². The van der Waals surface area contributed by atoms with Gasteiger partial charge in [-0.15, -0.1) is 0 Å². The van der Waals surface area contributed by atoms with Crippen LogP contribution >= 0.6 is 0 Å². The molecule has 0 aliphatic rings. The van der Waals surface area contributed by atoms with Crippen molar-refractivity contribution in [2.24, 2.45) is 0 Å². The number of anilines is 1. The van der Waals surface area contributed by atoms with Crippen LogP contribution in [0.2, 0.25) is 0 Å². The van der Waals surface area contributed by atoms with Crippen molar-refractivity contribution in [3.05, 3.63) is 42.5 Å². The van der Waals surface area contributed by atoms with Crippen LogP contribution in [0.25, 0.3) is 0 Å². The SMILES string of the molecule is C=CC(=O)Nc1ccccc1CC(=O)NC. The highest BCUT2D eigenvalue weighted by Crippen LogP contribution is 2.15. The average molecular weight is 218 g/mol. The molecule has 0 unspecified atom stereocenters. The van der Waals surface area contributed by atoms with E-state index >= 15 is 0 Å². The highest BCUT2D eigenvalue weighted by Gasteiger charge is 2.07. The molecule has 0 atom stereocenters. The van der Waals surface area contributed by atoms with Gasteiger partial charge in [-0.25, -0.2) is 0 Å². The summed E-state index contributed by atoms with van der Waals surface area (Å²) < 4.78 is 0. The quantitative estimate of drug-likeness (QED) is 0.743. The number of carbonyl (C=O) groups excluding carboxylic acids is 2. The number of benzene rings is 1. The molecule has 0 radical (unpaired) electrons. The van der Waals surface area contributed by atoms with Gasteiger partial charge in [0.1, 0.15) is 0 Å². The minimum absolute atomic E-state index is 0.0969. The van der Waals surface area contributed by atoms with Crippen molar-refractivity contribution < 1.29 is 9.59 Å². The second-order valence-electron chi connectivity index (χ2n) is 3.20. The van der Waals surface area contributed by atoms with E-state index in [0.29, 0.717) is 5.69 Å². The van der Waals surface area contributed by atoms with E-state index in [9.17, 15) is 9.59 Å². The van der Waals surface area contributed by atoms with Crippen LogP contribution in [0.5, 0.6) is 0 Å². The first kappa shape index (κ1) is 12.0. The van der Waals surface area contributed by atoms with Crippen molar-refractivity contribution in [2.75, 3.05) is 12.4 Å². The Kier molecular flexibility index (Phi) is 4.27. The zero-order valence-corrected chi connectivity index (χ0v) is 9.12. The fourth-order valence-corrected chi connectivity index (χ4v) is 1.24. The molecule has 0 aliphatic carbocycles. The fraction of sp³-hybridized carbons (Fsp3) is 0.167. The molecular weight excluding hydrogens is 204 g/mol. The summed E-state index contributed by atoms with van der Waals surface area (Å²) in [6.45, 7) is 3.37. The predicted molar refractivity (Wildman–Crippen MR) is 63.0 cm³/mol. The van der Waals surface area contributed by atoms with Gasteiger partial charge in [0.15, 0.2) is 0 Å². The van der Waals surface area contributed by atoms with Gasteiger partial charge in [0.25, 0.3) is 0 Å². The van der Waals surface area contributed by atoms with Crippen molar-refractivity contribution in [1.82, 2.24) is 5.32 Å². The second kappa shape index (κ2) is 5.70. The maximum atomic E-state index is 11.2. The Morgan fingerprint density at radius 2 is 2.06 bits per heavy atom. The van der Waals surface area contributed by atoms with Crippen LogP contribution in [0.1, 0.15) is 5.56 Å². The molecule has 0 aromatic heterocycles. The van der Waals surface area contributed by atoms with Crippen LogP contribution in [0.3, 0.4) is 0 Å². The third kappa shape index (κ3) is 3.24. The Bertz CT molecular complexity index is 413. The molecule has 0 bridgehead atoms. The standard InChI is InChI=1S/C12H14N2O2/c1-3-11(15)14-10-7-5-4-6-9(10)8-12(16)13-2/h3-7H,1,8H2,2H3,(H,13,16)(H,14,15). The van der Waals surface area contributed by atoms with Crippen LogP contribution < -0.4 is 10.6 Å². The summed E-state index contributed by atoms with van der Waals surface area (Å²) in [7, 11) is 1.58. The first-order valence-electron chi connectivity index (χ1n) is 4.89. The summed E-state index contributed by atoms with van der Waals surface area (Å²) in [6.07, 6.45) is 1.43. The summed E-state index contributed by atoms with van der Waals surface area (Å²) in [6, 6.07) is 7.17. The molecule has 0 fully saturated rings. The molecule has 0 saturated carbocycles. The van der Waals surface area contributed by atoms with E-state index in [-0.39, 0.29) is 18.2 Å². The molecule has 0 heterocycles. The molecule has 2 N–H and O–H groups in total. The molecule has 2 amide bonds. The van der Waals surface area contributed by atoms with Crippen molar-refractivity contribution in [3.8, 4) is 0 Å². The fourth-order valence-electron chi connectivity index (χ4n) is 1.24. The summed E-state index contributed by atoms with van der Waals surface area (Å²) in [5.74, 6) is -0.385. The van der Waals surface area contributed by atoms with E-state index in [2.05, 4.69) is 17.2 Å². The molecule has 84 valence electrons. The van der Waals surface area contributed by atoms with Gasteiger partial charge in [0, 0.05) is 12.7 Å². The van der Waals surface area contributed by atoms with E-state index in [0.717, 1.165) is 5.56 Å². The van der Waals surface area contributed by atoms with E-state index in [1.807, 2.05) is 6.07 Å². The summed E-state index contributed by atoms with van der Waals surface area (Å²) in [5, 5.41) is 5.19. The summed E-state index contributed by atoms with van der Waals surface area (Å²) in [4.78, 5) is 22.4. The second-order valence-corrected chi connectivity index (χ2v) is 3.20. The number of likely N-dealkylation sites (N-methyl/N-ethyl adjacent to an activating group) is 1. The lowest BCUT2D eigenvalue weighted by molar-refractivity contribution is -0.120. The lowest BCUT2D eigenvalue weighted by Crippen LogP contribution is -2.21. The zero-order chi connectivity index (χ0) is 12.0. The smallest absolute Gasteiger partial charge is 0.247 e. The van der Waals surface area contributed by atoms with Crippen LogP contribution in [-0.2, 0) is 16.0 Å². The molecule has 1 aromatic rings. The Morgan fingerprint density at radius 3 is 2.69 bits per heavy atom. The molecule has 16 heavy (non-hydrogen) atoms. The monoisotopic (exact) mass is 218 g/mol. The lowest BCUT2D eigenvalue weighted by Gasteiger charge is -2.08. The highest BCUT2D eigenvalue weighted by atomic mass is 16.2. The Morgan fingerprint density at radius 1 is 1.38 bits per heavy atom. The normalized spacial score (nSPS) is 9.31. The van der Waals surface area contributed by atoms with Crippen LogP contribution in [0.4, 0.5) is 5.69 Å². The molecule has 0 saturated heterocycles. The van der Waals surface area contributed by atoms with Crippen LogP contribution in [-0.4, -0.2) is 18.9 Å². The number of carbonyl (C=O) groups is 2. The molecule has 4 heteroatoms. The number of nitrogens with one attached hydrogen (secondary N) is 2. The number of para-hydroxylation sites is 1. The number of rotatable bonds is 4. The number of hydrogen-bond acceptors (Lipinski definition) is 2. The topological polar surface area (TPSA) is 58.2 Å². The summed E-state index contributed by atoms with van der Waals surface area (Å²) >= 11 is 0. The van der Waals surface area contributed by atoms with E-state index in [4.69, 9.17) is 0 Å². The molecule has 4 nitrogen and oxygen atoms in total. The molecule has 1 aromatic carbocycles. The maximum Gasteiger partial charge on any atom is 0.247 e. The van der Waals surface area contributed by atoms with Gasteiger partial charge in [-0.2, -0.15) is 0 Å². The van der Waals surface area contributed by atoms with Crippen molar-refractivity contribution in [3.63, 3.8) is 0 Å². The van der Waals surface area contributed by atoms with Crippen LogP contribution in [0.15, 0.2) is 36.9 Å². The molecule has 0 spiro atoms. The van der Waals surface area contributed by atoms with Gasteiger partial charge < -0.3 is 10.6 Å². The predicted octanol–water partition coefficient (Wildman–Crippen LogP) is 1.10. The van der Waals surface area contributed by atoms with Gasteiger partial charge in [-0.3, -0.25) is 9.59 Å². The van der Waals surface area contributed by atoms with Gasteiger partial charge in [0.05, 0.1) is 6.42 Å². The van der Waals surface area contributed by atoms with E-state index in [1.165, 1.54) is 6.08 Å². The van der Waals surface area contributed by atoms with Gasteiger partial charge in [-0.1, -0.05) is 24.8 Å². The Labute approximate surface area is 94.4 Å². The highest BCUT2D eigenvalue weighted by molar-refractivity contribution is 5.99. The van der Waals surface area contributed by atoms with E-state index < -0.39 is 0 Å². The maximum absolute atomic E-state index is 11.2. The van der Waals surface area contributed by atoms with Crippen molar-refractivity contribution >= 4 is 17.5 Å². The molecule has 0 aliphatic heterocycles. The lowest BCUT2D eigenvalue weighted by atomic mass is 10.1. The summed E-state index contributed by atoms with van der Waals surface area (Å²) in [5.41, 5.74) is 1.41. The third-order valence-electron chi connectivity index (χ3n) is 2.09. The van der Waals surface area contributed by atoms with Crippen molar-refractivity contribution in [2.45, 2.75) is 6.42 Å². The van der Waals surface area contributed by atoms with Gasteiger partial charge in [0.2, 0.25) is 11.8 Å². The third-order valence-corrected chi connectivity index (χ3v) is 2.09. The Hall–Kier alpha value is -2.10. The molecular formula is C12H14N2O2. The molecule has 1 rings (SSSR count). The largest absolute Gasteiger partial charge is 0.359 e. The first-order chi connectivity index (χ1) is 7.67. The number of hydrogen-bond donors (Lipinski definition) is 2. The van der Waals surface area contributed by atoms with Gasteiger partial charge >= 0.3 is 0 Å². The number of amides is 2. The first-order valence-corrected chi connectivity index (χ1v) is 4.89. The average Bonchev–Trinajstić information content (AvgIpc) is 2.31. The zero-order valence-electron chi connectivity index (χ0n) is 9.12. The Balaban J connectivity index is 2.87. The van der Waals surface area contributed by atoms with E-state index in [1.54, 1.807) is 25.2 Å². The van der Waals surface area contributed by atoms with Crippen LogP contribution in [0, 0.1) is 0 Å². The minimum Gasteiger partial charge on any atom is -0.359 e. The van der Waals surface area contributed by atoms with Crippen molar-refractivity contribution in [1.29, 1.82) is 0 Å². The minimum atomic E-state index is -0.288.